The fraction of sp³-hybridized carbons (Fsp3) is 0.636. The van der Waals surface area contributed by atoms with E-state index in [-0.39, 0.29) is 11.9 Å². The summed E-state index contributed by atoms with van der Waals surface area (Å²) in [5.41, 5.74) is 0.574. The maximum absolute atomic E-state index is 11.8. The van der Waals surface area contributed by atoms with Crippen molar-refractivity contribution < 1.29 is 4.79 Å². The molecule has 0 aliphatic carbocycles. The average molecular weight is 224 g/mol. The lowest BCUT2D eigenvalue weighted by molar-refractivity contribution is 0.0916. The first-order valence-corrected chi connectivity index (χ1v) is 5.45. The molecule has 0 bridgehead atoms. The molecule has 5 heteroatoms. The van der Waals surface area contributed by atoms with E-state index in [2.05, 4.69) is 34.3 Å². The average Bonchev–Trinajstić information content (AvgIpc) is 2.68. The third-order valence-electron chi connectivity index (χ3n) is 2.44. The van der Waals surface area contributed by atoms with Crippen LogP contribution in [0.25, 0.3) is 0 Å². The Labute approximate surface area is 96.2 Å². The van der Waals surface area contributed by atoms with Gasteiger partial charge < -0.3 is 10.2 Å². The van der Waals surface area contributed by atoms with E-state index in [1.807, 2.05) is 14.1 Å². The molecule has 0 saturated carbocycles. The third-order valence-corrected chi connectivity index (χ3v) is 2.44. The van der Waals surface area contributed by atoms with Gasteiger partial charge in [-0.25, -0.2) is 0 Å². The quantitative estimate of drug-likeness (QED) is 0.775. The van der Waals surface area contributed by atoms with Gasteiger partial charge in [0, 0.05) is 18.8 Å². The molecule has 1 aromatic rings. The molecule has 0 aliphatic rings. The van der Waals surface area contributed by atoms with Crippen molar-refractivity contribution in [2.75, 3.05) is 20.6 Å². The van der Waals surface area contributed by atoms with Gasteiger partial charge in [-0.2, -0.15) is 5.10 Å². The van der Waals surface area contributed by atoms with Crippen molar-refractivity contribution in [2.24, 2.45) is 5.92 Å². The second-order valence-electron chi connectivity index (χ2n) is 4.57. The van der Waals surface area contributed by atoms with Crippen LogP contribution in [0.1, 0.15) is 24.2 Å². The molecule has 1 aromatic heterocycles. The summed E-state index contributed by atoms with van der Waals surface area (Å²) in [5, 5.41) is 9.40. The van der Waals surface area contributed by atoms with E-state index < -0.39 is 0 Å². The molecular weight excluding hydrogens is 204 g/mol. The predicted octanol–water partition coefficient (Wildman–Crippen LogP) is 0.726. The molecule has 5 nitrogen and oxygen atoms in total. The summed E-state index contributed by atoms with van der Waals surface area (Å²) in [6.07, 6.45) is 3.13. The maximum Gasteiger partial charge on any atom is 0.254 e. The molecule has 90 valence electrons. The van der Waals surface area contributed by atoms with E-state index in [0.717, 1.165) is 6.54 Å². The van der Waals surface area contributed by atoms with Gasteiger partial charge in [0.1, 0.15) is 0 Å². The van der Waals surface area contributed by atoms with Crippen molar-refractivity contribution in [1.29, 1.82) is 0 Å². The SMILES string of the molecule is CC(C)C(CN(C)C)NC(=O)c1cn[nH]c1. The molecule has 0 saturated heterocycles. The van der Waals surface area contributed by atoms with Crippen LogP contribution in [-0.2, 0) is 0 Å². The zero-order valence-corrected chi connectivity index (χ0v) is 10.3. The number of rotatable bonds is 5. The summed E-state index contributed by atoms with van der Waals surface area (Å²) >= 11 is 0. The summed E-state index contributed by atoms with van der Waals surface area (Å²) in [5.74, 6) is 0.326. The Balaban J connectivity index is 2.58. The smallest absolute Gasteiger partial charge is 0.254 e. The molecule has 0 spiro atoms. The van der Waals surface area contributed by atoms with Gasteiger partial charge in [0.25, 0.3) is 5.91 Å². The Morgan fingerprint density at radius 1 is 1.56 bits per heavy atom. The summed E-state index contributed by atoms with van der Waals surface area (Å²) in [7, 11) is 4.00. The van der Waals surface area contributed by atoms with Gasteiger partial charge in [0.05, 0.1) is 11.8 Å². The minimum atomic E-state index is -0.0747. The van der Waals surface area contributed by atoms with Crippen molar-refractivity contribution in [1.82, 2.24) is 20.4 Å². The standard InChI is InChI=1S/C11H20N4O/c1-8(2)10(7-15(3)4)14-11(16)9-5-12-13-6-9/h5-6,8,10H,7H2,1-4H3,(H,12,13)(H,14,16). The van der Waals surface area contributed by atoms with E-state index in [1.54, 1.807) is 6.20 Å². The summed E-state index contributed by atoms with van der Waals surface area (Å²) in [6.45, 7) is 5.04. The Hall–Kier alpha value is -1.36. The van der Waals surface area contributed by atoms with Gasteiger partial charge in [-0.15, -0.1) is 0 Å². The highest BCUT2D eigenvalue weighted by Crippen LogP contribution is 2.04. The first kappa shape index (κ1) is 12.7. The van der Waals surface area contributed by atoms with Crippen molar-refractivity contribution >= 4 is 5.91 Å². The normalized spacial score (nSPS) is 13.1. The number of carbonyl (C=O) groups is 1. The molecule has 0 aliphatic heterocycles. The molecule has 1 heterocycles. The maximum atomic E-state index is 11.8. The molecule has 16 heavy (non-hydrogen) atoms. The monoisotopic (exact) mass is 224 g/mol. The molecule has 1 unspecified atom stereocenters. The van der Waals surface area contributed by atoms with E-state index in [9.17, 15) is 4.79 Å². The predicted molar refractivity (Wildman–Crippen MR) is 63.2 cm³/mol. The summed E-state index contributed by atoms with van der Waals surface area (Å²) in [6, 6.07) is 0.150. The number of nitrogens with one attached hydrogen (secondary N) is 2. The number of H-pyrrole nitrogens is 1. The Morgan fingerprint density at radius 2 is 2.25 bits per heavy atom. The first-order chi connectivity index (χ1) is 7.50. The highest BCUT2D eigenvalue weighted by atomic mass is 16.1. The highest BCUT2D eigenvalue weighted by Gasteiger charge is 2.18. The molecule has 0 aromatic carbocycles. The number of hydrogen-bond acceptors (Lipinski definition) is 3. The van der Waals surface area contributed by atoms with Gasteiger partial charge in [-0.1, -0.05) is 13.8 Å². The van der Waals surface area contributed by atoms with Gasteiger partial charge in [0.15, 0.2) is 0 Å². The summed E-state index contributed by atoms with van der Waals surface area (Å²) < 4.78 is 0. The largest absolute Gasteiger partial charge is 0.348 e. The molecular formula is C11H20N4O. The Morgan fingerprint density at radius 3 is 2.69 bits per heavy atom. The molecule has 0 radical (unpaired) electrons. The minimum absolute atomic E-state index is 0.0747. The van der Waals surface area contributed by atoms with Crippen molar-refractivity contribution in [3.05, 3.63) is 18.0 Å². The third kappa shape index (κ3) is 3.66. The van der Waals surface area contributed by atoms with E-state index in [0.29, 0.717) is 11.5 Å². The second-order valence-corrected chi connectivity index (χ2v) is 4.57. The molecule has 1 atom stereocenters. The van der Waals surface area contributed by atoms with Crippen LogP contribution in [-0.4, -0.2) is 47.7 Å². The van der Waals surface area contributed by atoms with Crippen LogP contribution in [0.2, 0.25) is 0 Å². The van der Waals surface area contributed by atoms with Crippen LogP contribution >= 0.6 is 0 Å². The lowest BCUT2D eigenvalue weighted by atomic mass is 10.0. The van der Waals surface area contributed by atoms with Gasteiger partial charge in [-0.3, -0.25) is 9.89 Å². The molecule has 1 rings (SSSR count). The van der Waals surface area contributed by atoms with Gasteiger partial charge in [-0.05, 0) is 20.0 Å². The first-order valence-electron chi connectivity index (χ1n) is 5.45. The van der Waals surface area contributed by atoms with E-state index >= 15 is 0 Å². The number of hydrogen-bond donors (Lipinski definition) is 2. The fourth-order valence-corrected chi connectivity index (χ4v) is 1.44. The number of aromatic amines is 1. The number of carbonyl (C=O) groups excluding carboxylic acids is 1. The minimum Gasteiger partial charge on any atom is -0.348 e. The van der Waals surface area contributed by atoms with Gasteiger partial charge >= 0.3 is 0 Å². The van der Waals surface area contributed by atoms with Gasteiger partial charge in [0.2, 0.25) is 0 Å². The van der Waals surface area contributed by atoms with E-state index in [4.69, 9.17) is 0 Å². The zero-order valence-electron chi connectivity index (χ0n) is 10.3. The molecule has 1 amide bonds. The van der Waals surface area contributed by atoms with E-state index in [1.165, 1.54) is 6.20 Å². The van der Waals surface area contributed by atoms with Crippen LogP contribution in [0, 0.1) is 5.92 Å². The number of amides is 1. The van der Waals surface area contributed by atoms with Crippen molar-refractivity contribution in [3.8, 4) is 0 Å². The number of nitrogens with zero attached hydrogens (tertiary/aromatic N) is 2. The lowest BCUT2D eigenvalue weighted by Crippen LogP contribution is -2.44. The van der Waals surface area contributed by atoms with Crippen LogP contribution in [0.4, 0.5) is 0 Å². The fourth-order valence-electron chi connectivity index (χ4n) is 1.44. The number of aromatic nitrogens is 2. The van der Waals surface area contributed by atoms with Crippen molar-refractivity contribution in [3.63, 3.8) is 0 Å². The Bertz CT molecular complexity index is 319. The zero-order chi connectivity index (χ0) is 12.1. The summed E-state index contributed by atoms with van der Waals surface area (Å²) in [4.78, 5) is 13.9. The van der Waals surface area contributed by atoms with Crippen LogP contribution in [0.5, 0.6) is 0 Å². The lowest BCUT2D eigenvalue weighted by Gasteiger charge is -2.25. The topological polar surface area (TPSA) is 61.0 Å². The molecule has 2 N–H and O–H groups in total. The van der Waals surface area contributed by atoms with Crippen LogP contribution in [0.3, 0.4) is 0 Å². The van der Waals surface area contributed by atoms with Crippen molar-refractivity contribution in [2.45, 2.75) is 19.9 Å². The highest BCUT2D eigenvalue weighted by molar-refractivity contribution is 5.93. The second kappa shape index (κ2) is 5.65. The Kier molecular flexibility index (Phi) is 4.49. The van der Waals surface area contributed by atoms with Crippen LogP contribution < -0.4 is 5.32 Å². The number of likely N-dealkylation sites (N-methyl/N-ethyl adjacent to an activating group) is 1. The van der Waals surface area contributed by atoms with Crippen LogP contribution in [0.15, 0.2) is 12.4 Å². The molecule has 0 fully saturated rings.